The normalized spacial score (nSPS) is 12.9. The predicted molar refractivity (Wildman–Crippen MR) is 125 cm³/mol. The highest BCUT2D eigenvalue weighted by atomic mass is 16.5. The van der Waals surface area contributed by atoms with Gasteiger partial charge in [0, 0.05) is 18.4 Å². The number of carbonyl (C=O) groups is 4. The van der Waals surface area contributed by atoms with Crippen molar-refractivity contribution in [2.75, 3.05) is 19.7 Å². The zero-order valence-corrected chi connectivity index (χ0v) is 19.2. The Labute approximate surface area is 197 Å². The van der Waals surface area contributed by atoms with Gasteiger partial charge in [0.1, 0.15) is 13.2 Å². The van der Waals surface area contributed by atoms with Crippen molar-refractivity contribution in [1.82, 2.24) is 16.0 Å². The van der Waals surface area contributed by atoms with Crippen molar-refractivity contribution >= 4 is 23.9 Å². The van der Waals surface area contributed by atoms with E-state index in [-0.39, 0.29) is 31.4 Å². The molecule has 0 bridgehead atoms. The molecule has 0 spiro atoms. The number of fused-ring (bicyclic) bond motifs is 3. The molecule has 0 saturated carbocycles. The van der Waals surface area contributed by atoms with Crippen LogP contribution in [0.4, 0.5) is 4.79 Å². The molecule has 0 aromatic heterocycles. The van der Waals surface area contributed by atoms with Crippen LogP contribution in [0.2, 0.25) is 0 Å². The van der Waals surface area contributed by atoms with Crippen molar-refractivity contribution in [1.29, 1.82) is 0 Å². The number of benzene rings is 2. The molecule has 4 N–H and O–H groups in total. The lowest BCUT2D eigenvalue weighted by Gasteiger charge is -2.22. The third-order valence-corrected chi connectivity index (χ3v) is 5.74. The molecule has 180 valence electrons. The minimum atomic E-state index is -1.17. The zero-order valence-electron chi connectivity index (χ0n) is 19.2. The summed E-state index contributed by atoms with van der Waals surface area (Å²) in [6, 6.07) is 15.6. The van der Waals surface area contributed by atoms with E-state index in [1.165, 1.54) is 0 Å². The average molecular weight is 468 g/mol. The van der Waals surface area contributed by atoms with E-state index in [9.17, 15) is 19.2 Å². The predicted octanol–water partition coefficient (Wildman–Crippen LogP) is 2.26. The van der Waals surface area contributed by atoms with Crippen LogP contribution in [0.25, 0.3) is 11.1 Å². The van der Waals surface area contributed by atoms with Gasteiger partial charge in [-0.25, -0.2) is 4.79 Å². The van der Waals surface area contributed by atoms with E-state index in [4.69, 9.17) is 9.84 Å². The molecule has 9 heteroatoms. The van der Waals surface area contributed by atoms with Gasteiger partial charge < -0.3 is 25.8 Å². The monoisotopic (exact) mass is 467 g/mol. The van der Waals surface area contributed by atoms with Gasteiger partial charge in [-0.15, -0.1) is 0 Å². The number of hydrogen-bond acceptors (Lipinski definition) is 5. The summed E-state index contributed by atoms with van der Waals surface area (Å²) in [5.74, 6) is -2.35. The first-order valence-corrected chi connectivity index (χ1v) is 11.1. The van der Waals surface area contributed by atoms with Gasteiger partial charge in [-0.3, -0.25) is 14.4 Å². The van der Waals surface area contributed by atoms with Crippen molar-refractivity contribution in [3.05, 3.63) is 59.7 Å². The van der Waals surface area contributed by atoms with E-state index in [0.29, 0.717) is 0 Å². The highest BCUT2D eigenvalue weighted by molar-refractivity contribution is 5.87. The van der Waals surface area contributed by atoms with E-state index < -0.39 is 36.5 Å². The standard InChI is InChI=1S/C25H29N3O6/c1-15(2)21(11-22(29)26-12-23(30)27-13-24(31)32)28-25(33)34-14-20-18-9-5-3-7-16(18)17-8-4-6-10-19(17)20/h3-10,15,20-21H,11-14H2,1-2H3,(H,26,29)(H,27,30)(H,28,33)(H,31,32). The molecular formula is C25H29N3O6. The summed E-state index contributed by atoms with van der Waals surface area (Å²) in [6.45, 7) is 3.03. The highest BCUT2D eigenvalue weighted by Gasteiger charge is 2.29. The number of rotatable bonds is 10. The molecule has 2 aromatic rings. The van der Waals surface area contributed by atoms with Crippen molar-refractivity contribution in [2.45, 2.75) is 32.2 Å². The number of aliphatic carboxylic acids is 1. The molecule has 0 radical (unpaired) electrons. The van der Waals surface area contributed by atoms with Crippen LogP contribution in [0.5, 0.6) is 0 Å². The number of carboxylic acids is 1. The van der Waals surface area contributed by atoms with E-state index in [0.717, 1.165) is 22.3 Å². The van der Waals surface area contributed by atoms with E-state index in [1.54, 1.807) is 0 Å². The lowest BCUT2D eigenvalue weighted by atomic mass is 9.98. The molecule has 9 nitrogen and oxygen atoms in total. The summed E-state index contributed by atoms with van der Waals surface area (Å²) in [5, 5.41) is 15.9. The number of amides is 3. The van der Waals surface area contributed by atoms with Crippen LogP contribution < -0.4 is 16.0 Å². The van der Waals surface area contributed by atoms with Crippen LogP contribution in [-0.2, 0) is 19.1 Å². The molecule has 3 amide bonds. The third-order valence-electron chi connectivity index (χ3n) is 5.74. The number of carboxylic acid groups (broad SMARTS) is 1. The van der Waals surface area contributed by atoms with Gasteiger partial charge in [-0.05, 0) is 28.2 Å². The van der Waals surface area contributed by atoms with Crippen LogP contribution in [0.3, 0.4) is 0 Å². The molecule has 1 unspecified atom stereocenters. The summed E-state index contributed by atoms with van der Waals surface area (Å²) < 4.78 is 5.55. The lowest BCUT2D eigenvalue weighted by Crippen LogP contribution is -2.44. The highest BCUT2D eigenvalue weighted by Crippen LogP contribution is 2.44. The molecule has 1 aliphatic rings. The maximum Gasteiger partial charge on any atom is 0.407 e. The summed E-state index contributed by atoms with van der Waals surface area (Å²) in [4.78, 5) is 46.8. The van der Waals surface area contributed by atoms with Crippen molar-refractivity contribution in [2.24, 2.45) is 5.92 Å². The van der Waals surface area contributed by atoms with Crippen LogP contribution in [0.15, 0.2) is 48.5 Å². The Balaban J connectivity index is 1.52. The number of carbonyl (C=O) groups excluding carboxylic acids is 3. The molecule has 0 aliphatic heterocycles. The topological polar surface area (TPSA) is 134 Å². The number of hydrogen-bond donors (Lipinski definition) is 4. The largest absolute Gasteiger partial charge is 0.480 e. The summed E-state index contributed by atoms with van der Waals surface area (Å²) in [7, 11) is 0. The maximum absolute atomic E-state index is 12.6. The van der Waals surface area contributed by atoms with Crippen LogP contribution in [-0.4, -0.2) is 54.7 Å². The Bertz CT molecular complexity index is 1020. The Hall–Kier alpha value is -3.88. The van der Waals surface area contributed by atoms with Crippen LogP contribution >= 0.6 is 0 Å². The summed E-state index contributed by atoms with van der Waals surface area (Å²) in [5.41, 5.74) is 4.49. The van der Waals surface area contributed by atoms with Crippen LogP contribution in [0, 0.1) is 5.92 Å². The van der Waals surface area contributed by atoms with Crippen molar-refractivity contribution < 1.29 is 29.0 Å². The molecule has 1 atom stereocenters. The Morgan fingerprint density at radius 2 is 1.44 bits per heavy atom. The molecule has 2 aromatic carbocycles. The Morgan fingerprint density at radius 1 is 0.882 bits per heavy atom. The number of nitrogens with one attached hydrogen (secondary N) is 3. The fraction of sp³-hybridized carbons (Fsp3) is 0.360. The second-order valence-corrected chi connectivity index (χ2v) is 8.47. The van der Waals surface area contributed by atoms with Gasteiger partial charge in [0.05, 0.1) is 6.54 Å². The zero-order chi connectivity index (χ0) is 24.7. The molecule has 1 aliphatic carbocycles. The van der Waals surface area contributed by atoms with Crippen molar-refractivity contribution in [3.8, 4) is 11.1 Å². The molecule has 34 heavy (non-hydrogen) atoms. The molecule has 0 saturated heterocycles. The van der Waals surface area contributed by atoms with Gasteiger partial charge in [0.2, 0.25) is 11.8 Å². The van der Waals surface area contributed by atoms with E-state index in [2.05, 4.69) is 28.1 Å². The molecule has 3 rings (SSSR count). The van der Waals surface area contributed by atoms with Gasteiger partial charge in [-0.2, -0.15) is 0 Å². The average Bonchev–Trinajstić information content (AvgIpc) is 3.13. The number of ether oxygens (including phenoxy) is 1. The second-order valence-electron chi connectivity index (χ2n) is 8.47. The molecule has 0 heterocycles. The molecular weight excluding hydrogens is 438 g/mol. The molecule has 0 fully saturated rings. The maximum atomic E-state index is 12.6. The first-order chi connectivity index (χ1) is 16.3. The van der Waals surface area contributed by atoms with E-state index >= 15 is 0 Å². The van der Waals surface area contributed by atoms with Crippen LogP contribution in [0.1, 0.15) is 37.3 Å². The fourth-order valence-corrected chi connectivity index (χ4v) is 3.93. The van der Waals surface area contributed by atoms with Gasteiger partial charge in [0.25, 0.3) is 0 Å². The minimum Gasteiger partial charge on any atom is -0.480 e. The SMILES string of the molecule is CC(C)C(CC(=O)NCC(=O)NCC(=O)O)NC(=O)OCC1c2ccccc2-c2ccccc21. The fourth-order valence-electron chi connectivity index (χ4n) is 3.93. The second kappa shape index (κ2) is 11.3. The Morgan fingerprint density at radius 3 is 2.00 bits per heavy atom. The smallest absolute Gasteiger partial charge is 0.407 e. The Kier molecular flexibility index (Phi) is 8.24. The lowest BCUT2D eigenvalue weighted by molar-refractivity contribution is -0.137. The summed E-state index contributed by atoms with van der Waals surface area (Å²) >= 11 is 0. The summed E-state index contributed by atoms with van der Waals surface area (Å²) in [6.07, 6.45) is -0.666. The third kappa shape index (κ3) is 6.34. The number of alkyl carbamates (subject to hydrolysis) is 1. The quantitative estimate of drug-likeness (QED) is 0.424. The van der Waals surface area contributed by atoms with E-state index in [1.807, 2.05) is 50.2 Å². The first kappa shape index (κ1) is 24.8. The van der Waals surface area contributed by atoms with Gasteiger partial charge in [-0.1, -0.05) is 62.4 Å². The first-order valence-electron chi connectivity index (χ1n) is 11.1. The van der Waals surface area contributed by atoms with Gasteiger partial charge >= 0.3 is 12.1 Å². The minimum absolute atomic E-state index is 0.0475. The van der Waals surface area contributed by atoms with Gasteiger partial charge in [0.15, 0.2) is 0 Å². The van der Waals surface area contributed by atoms with Crippen molar-refractivity contribution in [3.63, 3.8) is 0 Å².